The number of carbonyl (C=O) groups is 2. The van der Waals surface area contributed by atoms with Crippen molar-refractivity contribution in [3.8, 4) is 0 Å². The van der Waals surface area contributed by atoms with Gasteiger partial charge < -0.3 is 10.2 Å². The summed E-state index contributed by atoms with van der Waals surface area (Å²) in [5.41, 5.74) is 0. The maximum absolute atomic E-state index is 12.2. The zero-order valence-electron chi connectivity index (χ0n) is 11.6. The van der Waals surface area contributed by atoms with Crippen LogP contribution in [0.5, 0.6) is 0 Å². The third-order valence-corrected chi connectivity index (χ3v) is 3.89. The van der Waals surface area contributed by atoms with Gasteiger partial charge in [-0.15, -0.1) is 0 Å². The number of nitrogens with zero attached hydrogens (tertiary/aromatic N) is 1. The Balaban J connectivity index is 2.45. The minimum Gasteiger partial charge on any atom is -0.343 e. The van der Waals surface area contributed by atoms with Crippen molar-refractivity contribution in [2.75, 3.05) is 24.6 Å². The van der Waals surface area contributed by atoms with Crippen molar-refractivity contribution in [1.29, 1.82) is 0 Å². The zero-order chi connectivity index (χ0) is 13.5. The van der Waals surface area contributed by atoms with E-state index in [4.69, 9.17) is 0 Å². The van der Waals surface area contributed by atoms with Crippen molar-refractivity contribution >= 4 is 23.6 Å². The molecule has 18 heavy (non-hydrogen) atoms. The summed E-state index contributed by atoms with van der Waals surface area (Å²) in [6.45, 7) is 7.19. The molecule has 0 aromatic heterocycles. The average molecular weight is 272 g/mol. The molecule has 1 aliphatic heterocycles. The molecular formula is C13H24N2O2S. The summed E-state index contributed by atoms with van der Waals surface area (Å²) in [6.07, 6.45) is 1.69. The van der Waals surface area contributed by atoms with E-state index in [-0.39, 0.29) is 24.4 Å². The van der Waals surface area contributed by atoms with E-state index in [1.807, 2.05) is 11.8 Å². The summed E-state index contributed by atoms with van der Waals surface area (Å²) in [4.78, 5) is 25.5. The van der Waals surface area contributed by atoms with Gasteiger partial charge in [-0.2, -0.15) is 11.8 Å². The molecule has 0 bridgehead atoms. The number of amides is 2. The van der Waals surface area contributed by atoms with Gasteiger partial charge in [0, 0.05) is 6.54 Å². The molecule has 1 heterocycles. The Kier molecular flexibility index (Phi) is 6.54. The standard InChI is InChI=1S/C13H24N2O2S/c1-4-18-7-5-6-15-9-12(16)14-11(13(15)17)8-10(2)3/h10-11H,4-9H2,1-3H3,(H,14,16). The predicted octanol–water partition coefficient (Wildman–Crippen LogP) is 1.50. The molecule has 0 radical (unpaired) electrons. The van der Waals surface area contributed by atoms with Crippen molar-refractivity contribution in [2.24, 2.45) is 5.92 Å². The first kappa shape index (κ1) is 15.3. The van der Waals surface area contributed by atoms with E-state index in [1.54, 1.807) is 4.90 Å². The first-order valence-corrected chi connectivity index (χ1v) is 7.86. The number of thioether (sulfide) groups is 1. The molecule has 1 atom stereocenters. The van der Waals surface area contributed by atoms with Gasteiger partial charge >= 0.3 is 0 Å². The molecule has 0 aliphatic carbocycles. The second-order valence-corrected chi connectivity index (χ2v) is 6.45. The third kappa shape index (κ3) is 4.88. The molecule has 4 nitrogen and oxygen atoms in total. The van der Waals surface area contributed by atoms with Gasteiger partial charge in [0.1, 0.15) is 6.04 Å². The fraction of sp³-hybridized carbons (Fsp3) is 0.846. The molecule has 0 spiro atoms. The van der Waals surface area contributed by atoms with Crippen LogP contribution in [-0.4, -0.2) is 47.4 Å². The van der Waals surface area contributed by atoms with Crippen LogP contribution in [0.2, 0.25) is 0 Å². The molecule has 1 aliphatic rings. The van der Waals surface area contributed by atoms with Gasteiger partial charge in [0.15, 0.2) is 0 Å². The highest BCUT2D eigenvalue weighted by Gasteiger charge is 2.32. The summed E-state index contributed by atoms with van der Waals surface area (Å²) in [6, 6.07) is -0.315. The lowest BCUT2D eigenvalue weighted by Gasteiger charge is -2.33. The van der Waals surface area contributed by atoms with Gasteiger partial charge in [0.05, 0.1) is 6.54 Å². The van der Waals surface area contributed by atoms with E-state index in [0.29, 0.717) is 12.5 Å². The summed E-state index contributed by atoms with van der Waals surface area (Å²) in [7, 11) is 0. The van der Waals surface area contributed by atoms with Crippen molar-refractivity contribution in [3.63, 3.8) is 0 Å². The van der Waals surface area contributed by atoms with Crippen LogP contribution in [-0.2, 0) is 9.59 Å². The molecule has 0 aromatic carbocycles. The SMILES string of the molecule is CCSCCCN1CC(=O)NC(CC(C)C)C1=O. The monoisotopic (exact) mass is 272 g/mol. The van der Waals surface area contributed by atoms with E-state index >= 15 is 0 Å². The number of carbonyl (C=O) groups excluding carboxylic acids is 2. The highest BCUT2D eigenvalue weighted by molar-refractivity contribution is 7.99. The minimum absolute atomic E-state index is 0.0246. The number of hydrogen-bond donors (Lipinski definition) is 1. The third-order valence-electron chi connectivity index (χ3n) is 2.91. The summed E-state index contributed by atoms with van der Waals surface area (Å²) in [5, 5.41) is 2.79. The summed E-state index contributed by atoms with van der Waals surface area (Å²) < 4.78 is 0. The zero-order valence-corrected chi connectivity index (χ0v) is 12.4. The Morgan fingerprint density at radius 2 is 2.17 bits per heavy atom. The summed E-state index contributed by atoms with van der Waals surface area (Å²) >= 11 is 1.87. The molecule has 1 rings (SSSR count). The number of piperazine rings is 1. The van der Waals surface area contributed by atoms with Crippen LogP contribution in [0.15, 0.2) is 0 Å². The van der Waals surface area contributed by atoms with Crippen LogP contribution >= 0.6 is 11.8 Å². The van der Waals surface area contributed by atoms with E-state index < -0.39 is 0 Å². The first-order valence-electron chi connectivity index (χ1n) is 6.70. The molecule has 1 unspecified atom stereocenters. The predicted molar refractivity (Wildman–Crippen MR) is 75.6 cm³/mol. The van der Waals surface area contributed by atoms with Crippen molar-refractivity contribution < 1.29 is 9.59 Å². The van der Waals surface area contributed by atoms with Crippen LogP contribution in [0.3, 0.4) is 0 Å². The Hall–Kier alpha value is -0.710. The van der Waals surface area contributed by atoms with Crippen LogP contribution in [0.1, 0.15) is 33.6 Å². The highest BCUT2D eigenvalue weighted by Crippen LogP contribution is 2.12. The maximum Gasteiger partial charge on any atom is 0.245 e. The van der Waals surface area contributed by atoms with E-state index in [1.165, 1.54) is 0 Å². The van der Waals surface area contributed by atoms with Gasteiger partial charge in [-0.3, -0.25) is 9.59 Å². The lowest BCUT2D eigenvalue weighted by Crippen LogP contribution is -2.58. The fourth-order valence-electron chi connectivity index (χ4n) is 2.10. The van der Waals surface area contributed by atoms with Gasteiger partial charge in [0.2, 0.25) is 11.8 Å². The van der Waals surface area contributed by atoms with Crippen LogP contribution in [0.25, 0.3) is 0 Å². The Morgan fingerprint density at radius 1 is 1.44 bits per heavy atom. The Labute approximate surface area is 114 Å². The molecule has 0 aromatic rings. The molecule has 0 saturated carbocycles. The van der Waals surface area contributed by atoms with Gasteiger partial charge in [-0.1, -0.05) is 20.8 Å². The van der Waals surface area contributed by atoms with E-state index in [9.17, 15) is 9.59 Å². The first-order chi connectivity index (χ1) is 8.54. The summed E-state index contributed by atoms with van der Waals surface area (Å²) in [5.74, 6) is 2.63. The highest BCUT2D eigenvalue weighted by atomic mass is 32.2. The topological polar surface area (TPSA) is 49.4 Å². The van der Waals surface area contributed by atoms with Crippen molar-refractivity contribution in [3.05, 3.63) is 0 Å². The quantitative estimate of drug-likeness (QED) is 0.715. The second kappa shape index (κ2) is 7.67. The Bertz CT molecular complexity index is 295. The lowest BCUT2D eigenvalue weighted by atomic mass is 10.0. The lowest BCUT2D eigenvalue weighted by molar-refractivity contribution is -0.144. The van der Waals surface area contributed by atoms with Gasteiger partial charge in [-0.25, -0.2) is 0 Å². The Morgan fingerprint density at radius 3 is 2.78 bits per heavy atom. The van der Waals surface area contributed by atoms with Gasteiger partial charge in [0.25, 0.3) is 0 Å². The van der Waals surface area contributed by atoms with Gasteiger partial charge in [-0.05, 0) is 30.3 Å². The molecule has 1 fully saturated rings. The number of rotatable bonds is 7. The molecule has 1 saturated heterocycles. The molecule has 5 heteroatoms. The number of nitrogens with one attached hydrogen (secondary N) is 1. The second-order valence-electron chi connectivity index (χ2n) is 5.06. The smallest absolute Gasteiger partial charge is 0.245 e. The van der Waals surface area contributed by atoms with E-state index in [2.05, 4.69) is 26.1 Å². The fourth-order valence-corrected chi connectivity index (χ4v) is 2.72. The maximum atomic E-state index is 12.2. The van der Waals surface area contributed by atoms with Crippen molar-refractivity contribution in [1.82, 2.24) is 10.2 Å². The molecule has 1 N–H and O–H groups in total. The number of hydrogen-bond acceptors (Lipinski definition) is 3. The molecular weight excluding hydrogens is 248 g/mol. The molecule has 104 valence electrons. The molecule has 2 amide bonds. The normalized spacial score (nSPS) is 20.4. The largest absolute Gasteiger partial charge is 0.343 e. The van der Waals surface area contributed by atoms with E-state index in [0.717, 1.165) is 24.3 Å². The average Bonchev–Trinajstić information content (AvgIpc) is 2.29. The van der Waals surface area contributed by atoms with Crippen LogP contribution < -0.4 is 5.32 Å². The van der Waals surface area contributed by atoms with Crippen molar-refractivity contribution in [2.45, 2.75) is 39.7 Å². The van der Waals surface area contributed by atoms with Crippen LogP contribution in [0, 0.1) is 5.92 Å². The minimum atomic E-state index is -0.315. The van der Waals surface area contributed by atoms with Crippen LogP contribution in [0.4, 0.5) is 0 Å².